The molecule has 4 N–H and O–H groups in total. The minimum Gasteiger partial charge on any atom is -0.397 e. The minimum absolute atomic E-state index is 0.176. The van der Waals surface area contributed by atoms with Gasteiger partial charge in [-0.15, -0.1) is 16.2 Å². The molecule has 2 aromatic carbocycles. The molecule has 0 aliphatic rings. The van der Waals surface area contributed by atoms with Crippen LogP contribution in [0.1, 0.15) is 41.8 Å². The number of benzene rings is 2. The van der Waals surface area contributed by atoms with Crippen LogP contribution in [0.15, 0.2) is 53.9 Å². The van der Waals surface area contributed by atoms with Crippen molar-refractivity contribution in [1.29, 1.82) is 5.26 Å². The number of hydrogen-bond donors (Lipinski definition) is 3. The van der Waals surface area contributed by atoms with Crippen molar-refractivity contribution in [2.24, 2.45) is 0 Å². The van der Waals surface area contributed by atoms with Crippen LogP contribution in [0.2, 0.25) is 0 Å². The van der Waals surface area contributed by atoms with E-state index in [-0.39, 0.29) is 12.3 Å². The van der Waals surface area contributed by atoms with Gasteiger partial charge in [0.15, 0.2) is 0 Å². The molecule has 0 saturated heterocycles. The van der Waals surface area contributed by atoms with E-state index < -0.39 is 13.9 Å². The normalized spacial score (nSPS) is 13.1. The fourth-order valence-electron chi connectivity index (χ4n) is 3.47. The summed E-state index contributed by atoms with van der Waals surface area (Å²) in [5.74, 6) is -0.352. The largest absolute Gasteiger partial charge is 0.696 e. The van der Waals surface area contributed by atoms with Gasteiger partial charge in [-0.1, -0.05) is 36.6 Å². The number of nitrogens with one attached hydrogen (secondary N) is 1. The zero-order chi connectivity index (χ0) is 23.3. The third kappa shape index (κ3) is 4.87. The maximum absolute atomic E-state index is 13.0. The highest BCUT2D eigenvalue weighted by atomic mass is 32.1. The predicted octanol–water partition coefficient (Wildman–Crippen LogP) is 5.61. The first-order chi connectivity index (χ1) is 15.3. The summed E-state index contributed by atoms with van der Waals surface area (Å²) in [5.41, 5.74) is 7.93. The SMILES string of the molecule is CCc1cc(C(=O)Nc2cc(-c3cccs3)ccc2N)ccc1C(C#N)(CC)O[P+](=O)O. The third-order valence-electron chi connectivity index (χ3n) is 5.20. The van der Waals surface area contributed by atoms with Gasteiger partial charge < -0.3 is 11.1 Å². The summed E-state index contributed by atoms with van der Waals surface area (Å²) in [7, 11) is -2.98. The van der Waals surface area contributed by atoms with Crippen LogP contribution in [0.4, 0.5) is 11.4 Å². The van der Waals surface area contributed by atoms with Crippen molar-refractivity contribution in [2.45, 2.75) is 32.3 Å². The van der Waals surface area contributed by atoms with Crippen LogP contribution in [0.25, 0.3) is 10.4 Å². The monoisotopic (exact) mass is 468 g/mol. The molecule has 0 spiro atoms. The highest BCUT2D eigenvalue weighted by Gasteiger charge is 2.42. The van der Waals surface area contributed by atoms with Gasteiger partial charge in [0, 0.05) is 20.6 Å². The molecule has 1 aromatic heterocycles. The highest BCUT2D eigenvalue weighted by molar-refractivity contribution is 7.32. The van der Waals surface area contributed by atoms with Gasteiger partial charge in [0.25, 0.3) is 5.91 Å². The van der Waals surface area contributed by atoms with E-state index >= 15 is 0 Å². The average Bonchev–Trinajstić information content (AvgIpc) is 3.33. The number of anilines is 2. The summed E-state index contributed by atoms with van der Waals surface area (Å²) in [6.07, 6.45) is 0.678. The number of amides is 1. The van der Waals surface area contributed by atoms with E-state index in [0.29, 0.717) is 34.5 Å². The number of nitrogen functional groups attached to an aromatic ring is 1. The van der Waals surface area contributed by atoms with Crippen molar-refractivity contribution >= 4 is 36.9 Å². The van der Waals surface area contributed by atoms with E-state index in [9.17, 15) is 19.5 Å². The second kappa shape index (κ2) is 10.0. The standard InChI is InChI=1S/C23H22N3O4PS/c1-3-15-12-17(7-9-18(15)23(4-2,14-24)30-31(28)29)22(27)26-20-13-16(8-10-19(20)25)21-6-5-11-32-21/h5-13H,3-4,25H2,1-2H3,(H-,26,27,28,29)/p+1. The Morgan fingerprint density at radius 3 is 2.66 bits per heavy atom. The second-order valence-electron chi connectivity index (χ2n) is 7.08. The molecule has 0 fully saturated rings. The second-order valence-corrected chi connectivity index (χ2v) is 8.69. The molecule has 2 atom stereocenters. The summed E-state index contributed by atoms with van der Waals surface area (Å²) in [5, 5.41) is 14.5. The molecule has 9 heteroatoms. The van der Waals surface area contributed by atoms with Crippen molar-refractivity contribution in [3.05, 3.63) is 70.6 Å². The molecule has 0 bridgehead atoms. The quantitative estimate of drug-likeness (QED) is 0.292. The van der Waals surface area contributed by atoms with E-state index in [0.717, 1.165) is 10.4 Å². The lowest BCUT2D eigenvalue weighted by molar-refractivity contribution is 0.102. The van der Waals surface area contributed by atoms with E-state index in [1.807, 2.05) is 42.6 Å². The molecule has 1 amide bonds. The Bertz CT molecular complexity index is 1190. The number of carbonyl (C=O) groups excluding carboxylic acids is 1. The maximum atomic E-state index is 13.0. The Balaban J connectivity index is 1.93. The first-order valence-electron chi connectivity index (χ1n) is 9.98. The average molecular weight is 468 g/mol. The van der Waals surface area contributed by atoms with Crippen molar-refractivity contribution in [1.82, 2.24) is 0 Å². The lowest BCUT2D eigenvalue weighted by atomic mass is 9.87. The smallest absolute Gasteiger partial charge is 0.397 e. The predicted molar refractivity (Wildman–Crippen MR) is 126 cm³/mol. The van der Waals surface area contributed by atoms with Gasteiger partial charge >= 0.3 is 8.25 Å². The van der Waals surface area contributed by atoms with Crippen LogP contribution in [0, 0.1) is 11.3 Å². The minimum atomic E-state index is -2.98. The lowest BCUT2D eigenvalue weighted by Crippen LogP contribution is -2.26. The van der Waals surface area contributed by atoms with Gasteiger partial charge in [-0.05, 0) is 59.7 Å². The number of nitrogens with zero attached hydrogens (tertiary/aromatic N) is 1. The van der Waals surface area contributed by atoms with Crippen LogP contribution in [0.5, 0.6) is 0 Å². The fourth-order valence-corrected chi connectivity index (χ4v) is 4.73. The Hall–Kier alpha value is -3.08. The van der Waals surface area contributed by atoms with Crippen LogP contribution in [-0.2, 0) is 21.1 Å². The van der Waals surface area contributed by atoms with Gasteiger partial charge in [-0.2, -0.15) is 5.26 Å². The van der Waals surface area contributed by atoms with Crippen LogP contribution >= 0.6 is 19.6 Å². The van der Waals surface area contributed by atoms with Gasteiger partial charge in [0.1, 0.15) is 6.07 Å². The molecule has 0 radical (unpaired) electrons. The molecule has 3 aromatic rings. The molecule has 3 rings (SSSR count). The Labute approximate surface area is 191 Å². The molecule has 0 aliphatic carbocycles. The van der Waals surface area contributed by atoms with Gasteiger partial charge in [0.05, 0.1) is 11.4 Å². The van der Waals surface area contributed by atoms with Crippen molar-refractivity contribution in [2.75, 3.05) is 11.1 Å². The first-order valence-corrected chi connectivity index (χ1v) is 12.0. The highest BCUT2D eigenvalue weighted by Crippen LogP contribution is 2.39. The number of hydrogen-bond acceptors (Lipinski definition) is 6. The Morgan fingerprint density at radius 1 is 1.28 bits per heavy atom. The summed E-state index contributed by atoms with van der Waals surface area (Å²) >= 11 is 1.59. The van der Waals surface area contributed by atoms with E-state index in [2.05, 4.69) is 5.32 Å². The number of carbonyl (C=O) groups is 1. The maximum Gasteiger partial charge on any atom is 0.696 e. The van der Waals surface area contributed by atoms with Crippen molar-refractivity contribution in [3.8, 4) is 16.5 Å². The van der Waals surface area contributed by atoms with Crippen LogP contribution in [0.3, 0.4) is 0 Å². The van der Waals surface area contributed by atoms with Gasteiger partial charge in [0.2, 0.25) is 5.60 Å². The number of aryl methyl sites for hydroxylation is 1. The molecule has 164 valence electrons. The van der Waals surface area contributed by atoms with Gasteiger partial charge in [-0.3, -0.25) is 4.79 Å². The van der Waals surface area contributed by atoms with E-state index in [4.69, 9.17) is 10.3 Å². The Kier molecular flexibility index (Phi) is 7.39. The first kappa shape index (κ1) is 23.6. The summed E-state index contributed by atoms with van der Waals surface area (Å²) in [4.78, 5) is 23.3. The number of rotatable bonds is 8. The number of thiophene rings is 1. The molecular weight excluding hydrogens is 445 g/mol. The number of nitriles is 1. The molecule has 7 nitrogen and oxygen atoms in total. The van der Waals surface area contributed by atoms with Crippen molar-refractivity contribution in [3.63, 3.8) is 0 Å². The lowest BCUT2D eigenvalue weighted by Gasteiger charge is -2.22. The zero-order valence-electron chi connectivity index (χ0n) is 17.7. The summed E-state index contributed by atoms with van der Waals surface area (Å²) in [6, 6.07) is 16.3. The Morgan fingerprint density at radius 2 is 2.06 bits per heavy atom. The molecular formula is C23H23N3O4PS+. The fraction of sp³-hybridized carbons (Fsp3) is 0.217. The summed E-state index contributed by atoms with van der Waals surface area (Å²) in [6.45, 7) is 3.57. The molecule has 32 heavy (non-hydrogen) atoms. The molecule has 1 heterocycles. The van der Waals surface area contributed by atoms with E-state index in [1.54, 1.807) is 42.5 Å². The topological polar surface area (TPSA) is 125 Å². The number of nitrogens with two attached hydrogens (primary N) is 1. The molecule has 2 unspecified atom stereocenters. The third-order valence-corrected chi connectivity index (χ3v) is 6.59. The van der Waals surface area contributed by atoms with Crippen molar-refractivity contribution < 1.29 is 18.8 Å². The molecule has 0 saturated carbocycles. The van der Waals surface area contributed by atoms with Crippen LogP contribution in [-0.4, -0.2) is 10.8 Å². The van der Waals surface area contributed by atoms with E-state index in [1.165, 1.54) is 0 Å². The summed E-state index contributed by atoms with van der Waals surface area (Å²) < 4.78 is 16.4. The molecule has 0 aliphatic heterocycles. The van der Waals surface area contributed by atoms with Gasteiger partial charge in [-0.25, -0.2) is 0 Å². The van der Waals surface area contributed by atoms with Crippen LogP contribution < -0.4 is 11.1 Å². The zero-order valence-corrected chi connectivity index (χ0v) is 19.4.